The molecule has 0 bridgehead atoms. The van der Waals surface area contributed by atoms with Gasteiger partial charge in [0.1, 0.15) is 9.30 Å². The van der Waals surface area contributed by atoms with Crippen molar-refractivity contribution in [2.75, 3.05) is 13.6 Å². The number of fused-ring (bicyclic) bond motifs is 3. The lowest BCUT2D eigenvalue weighted by molar-refractivity contribution is 0.678. The summed E-state index contributed by atoms with van der Waals surface area (Å²) in [7, 11) is 1.97. The average molecular weight is 442 g/mol. The standard InChI is InChI=1S/C21H20BrN3OS/c1-11(10-23-3)13-4-6-14(7-5-13)16-17-15-8-9-27-19(15)21(26)25-18(17)12(2)24-20(16)22/h4-9,11,23H,10H2,1-3H3,(H,25,26)/t11-/m0/s1. The number of H-pyrrole nitrogens is 1. The van der Waals surface area contributed by atoms with Gasteiger partial charge in [-0.2, -0.15) is 0 Å². The second-order valence-electron chi connectivity index (χ2n) is 6.81. The molecule has 1 atom stereocenters. The number of nitrogens with one attached hydrogen (secondary N) is 2. The summed E-state index contributed by atoms with van der Waals surface area (Å²) in [6, 6.07) is 10.6. The first-order valence-corrected chi connectivity index (χ1v) is 10.5. The number of likely N-dealkylation sites (N-methyl/N-ethyl adjacent to an activating group) is 1. The Balaban J connectivity index is 1.99. The summed E-state index contributed by atoms with van der Waals surface area (Å²) in [5.41, 5.74) is 4.95. The lowest BCUT2D eigenvalue weighted by Crippen LogP contribution is -2.14. The zero-order valence-electron chi connectivity index (χ0n) is 15.4. The number of halogens is 1. The SMILES string of the molecule is CNC[C@H](C)c1ccc(-c2c(Br)nc(C)c3[nH]c(=O)c4sccc4c23)cc1. The highest BCUT2D eigenvalue weighted by atomic mass is 79.9. The van der Waals surface area contributed by atoms with Crippen LogP contribution in [0.4, 0.5) is 0 Å². The zero-order chi connectivity index (χ0) is 19.1. The second kappa shape index (κ2) is 7.19. The first-order chi connectivity index (χ1) is 13.0. The monoisotopic (exact) mass is 441 g/mol. The molecule has 4 nitrogen and oxygen atoms in total. The van der Waals surface area contributed by atoms with Crippen LogP contribution in [0, 0.1) is 6.92 Å². The van der Waals surface area contributed by atoms with Crippen LogP contribution in [-0.4, -0.2) is 23.6 Å². The quantitative estimate of drug-likeness (QED) is 0.427. The molecule has 0 unspecified atom stereocenters. The van der Waals surface area contributed by atoms with E-state index in [0.29, 0.717) is 5.92 Å². The molecule has 3 aromatic heterocycles. The van der Waals surface area contributed by atoms with Crippen LogP contribution in [0.1, 0.15) is 24.1 Å². The van der Waals surface area contributed by atoms with Crippen LogP contribution in [0.2, 0.25) is 0 Å². The third kappa shape index (κ3) is 3.12. The molecule has 27 heavy (non-hydrogen) atoms. The van der Waals surface area contributed by atoms with Crippen molar-refractivity contribution in [2.24, 2.45) is 0 Å². The van der Waals surface area contributed by atoms with E-state index in [1.807, 2.05) is 25.4 Å². The van der Waals surface area contributed by atoms with E-state index in [9.17, 15) is 4.79 Å². The molecule has 0 spiro atoms. The molecule has 4 rings (SSSR count). The third-order valence-corrected chi connectivity index (χ3v) is 6.48. The minimum Gasteiger partial charge on any atom is -0.319 e. The third-order valence-electron chi connectivity index (χ3n) is 4.99. The first kappa shape index (κ1) is 18.3. The van der Waals surface area contributed by atoms with Crippen LogP contribution in [0.5, 0.6) is 0 Å². The molecule has 3 heterocycles. The number of thiophene rings is 1. The van der Waals surface area contributed by atoms with E-state index in [-0.39, 0.29) is 5.56 Å². The fraction of sp³-hybridized carbons (Fsp3) is 0.238. The molecule has 0 aliphatic heterocycles. The number of aryl methyl sites for hydroxylation is 1. The van der Waals surface area contributed by atoms with Crippen LogP contribution >= 0.6 is 27.3 Å². The highest BCUT2D eigenvalue weighted by Crippen LogP contribution is 2.39. The van der Waals surface area contributed by atoms with Crippen molar-refractivity contribution in [3.8, 4) is 11.1 Å². The normalized spacial score (nSPS) is 12.7. The summed E-state index contributed by atoms with van der Waals surface area (Å²) in [5, 5.41) is 7.21. The first-order valence-electron chi connectivity index (χ1n) is 8.85. The molecule has 0 aliphatic rings. The number of aromatic nitrogens is 2. The zero-order valence-corrected chi connectivity index (χ0v) is 17.8. The van der Waals surface area contributed by atoms with E-state index in [2.05, 4.69) is 62.4 Å². The summed E-state index contributed by atoms with van der Waals surface area (Å²) in [6.45, 7) is 5.08. The summed E-state index contributed by atoms with van der Waals surface area (Å²) in [4.78, 5) is 20.1. The van der Waals surface area contributed by atoms with Gasteiger partial charge in [0.15, 0.2) is 0 Å². The molecule has 0 saturated carbocycles. The number of benzene rings is 1. The molecule has 0 aliphatic carbocycles. The summed E-state index contributed by atoms with van der Waals surface area (Å²) < 4.78 is 1.54. The van der Waals surface area contributed by atoms with Crippen LogP contribution in [0.3, 0.4) is 0 Å². The van der Waals surface area contributed by atoms with Gasteiger partial charge in [-0.05, 0) is 58.4 Å². The highest BCUT2D eigenvalue weighted by Gasteiger charge is 2.18. The molecule has 1 aromatic carbocycles. The fourth-order valence-corrected chi connectivity index (χ4v) is 5.10. The smallest absolute Gasteiger partial charge is 0.266 e. The number of hydrogen-bond donors (Lipinski definition) is 2. The van der Waals surface area contributed by atoms with Gasteiger partial charge in [-0.1, -0.05) is 31.2 Å². The van der Waals surface area contributed by atoms with Crippen molar-refractivity contribution < 1.29 is 0 Å². The Morgan fingerprint density at radius 3 is 2.70 bits per heavy atom. The van der Waals surface area contributed by atoms with Gasteiger partial charge in [-0.15, -0.1) is 11.3 Å². The summed E-state index contributed by atoms with van der Waals surface area (Å²) >= 11 is 5.13. The Morgan fingerprint density at radius 1 is 1.26 bits per heavy atom. The van der Waals surface area contributed by atoms with Crippen molar-refractivity contribution in [1.82, 2.24) is 15.3 Å². The predicted molar refractivity (Wildman–Crippen MR) is 118 cm³/mol. The van der Waals surface area contributed by atoms with Gasteiger partial charge in [0.25, 0.3) is 5.56 Å². The topological polar surface area (TPSA) is 57.8 Å². The largest absolute Gasteiger partial charge is 0.319 e. The lowest BCUT2D eigenvalue weighted by atomic mass is 9.95. The maximum Gasteiger partial charge on any atom is 0.266 e. The highest BCUT2D eigenvalue weighted by molar-refractivity contribution is 9.10. The molecular weight excluding hydrogens is 422 g/mol. The van der Waals surface area contributed by atoms with Crippen molar-refractivity contribution >= 4 is 48.3 Å². The van der Waals surface area contributed by atoms with Crippen LogP contribution in [0.25, 0.3) is 32.1 Å². The Hall–Kier alpha value is -2.02. The Bertz CT molecular complexity index is 1190. The van der Waals surface area contributed by atoms with Crippen molar-refractivity contribution in [3.05, 3.63) is 61.9 Å². The van der Waals surface area contributed by atoms with E-state index in [0.717, 1.165) is 49.0 Å². The second-order valence-corrected chi connectivity index (χ2v) is 8.48. The number of hydrogen-bond acceptors (Lipinski definition) is 4. The van der Waals surface area contributed by atoms with Gasteiger partial charge in [0.05, 0.1) is 11.2 Å². The van der Waals surface area contributed by atoms with Gasteiger partial charge in [0, 0.05) is 22.9 Å². The summed E-state index contributed by atoms with van der Waals surface area (Å²) in [6.07, 6.45) is 0. The Labute approximate surface area is 169 Å². The van der Waals surface area contributed by atoms with E-state index in [1.165, 1.54) is 16.9 Å². The van der Waals surface area contributed by atoms with Gasteiger partial charge in [-0.3, -0.25) is 4.79 Å². The van der Waals surface area contributed by atoms with Crippen LogP contribution in [0.15, 0.2) is 45.1 Å². The van der Waals surface area contributed by atoms with Gasteiger partial charge < -0.3 is 10.3 Å². The van der Waals surface area contributed by atoms with Crippen LogP contribution in [-0.2, 0) is 0 Å². The number of rotatable bonds is 4. The van der Waals surface area contributed by atoms with E-state index in [1.54, 1.807) is 0 Å². The minimum absolute atomic E-state index is 0.0538. The van der Waals surface area contributed by atoms with Crippen molar-refractivity contribution in [3.63, 3.8) is 0 Å². The molecular formula is C21H20BrN3OS. The number of aromatic amines is 1. The number of pyridine rings is 2. The van der Waals surface area contributed by atoms with E-state index >= 15 is 0 Å². The van der Waals surface area contributed by atoms with Crippen molar-refractivity contribution in [1.29, 1.82) is 0 Å². The maximum absolute atomic E-state index is 12.4. The number of nitrogens with zero attached hydrogens (tertiary/aromatic N) is 1. The molecule has 0 radical (unpaired) electrons. The molecule has 2 N–H and O–H groups in total. The molecule has 0 amide bonds. The summed E-state index contributed by atoms with van der Waals surface area (Å²) in [5.74, 6) is 0.445. The van der Waals surface area contributed by atoms with Crippen molar-refractivity contribution in [2.45, 2.75) is 19.8 Å². The Kier molecular flexibility index (Phi) is 4.88. The van der Waals surface area contributed by atoms with Gasteiger partial charge in [0.2, 0.25) is 0 Å². The van der Waals surface area contributed by atoms with Gasteiger partial charge >= 0.3 is 0 Å². The Morgan fingerprint density at radius 2 is 2.00 bits per heavy atom. The molecule has 0 fully saturated rings. The maximum atomic E-state index is 12.4. The lowest BCUT2D eigenvalue weighted by Gasteiger charge is -2.15. The molecule has 138 valence electrons. The van der Waals surface area contributed by atoms with E-state index < -0.39 is 0 Å². The van der Waals surface area contributed by atoms with E-state index in [4.69, 9.17) is 0 Å². The molecule has 6 heteroatoms. The fourth-order valence-electron chi connectivity index (χ4n) is 3.61. The minimum atomic E-state index is -0.0538. The molecule has 4 aromatic rings. The van der Waals surface area contributed by atoms with Crippen LogP contribution < -0.4 is 10.9 Å². The predicted octanol–water partition coefficient (Wildman–Crippen LogP) is 5.20. The molecule has 0 saturated heterocycles. The van der Waals surface area contributed by atoms with Gasteiger partial charge in [-0.25, -0.2) is 4.98 Å². The average Bonchev–Trinajstić information content (AvgIpc) is 3.14.